The number of aryl methyl sites for hydroxylation is 2. The summed E-state index contributed by atoms with van der Waals surface area (Å²) >= 11 is 0. The summed E-state index contributed by atoms with van der Waals surface area (Å²) in [5.74, 6) is -0.270. The third-order valence-corrected chi connectivity index (χ3v) is 4.82. The molecule has 0 saturated carbocycles. The van der Waals surface area contributed by atoms with Crippen LogP contribution in [0.3, 0.4) is 0 Å². The van der Waals surface area contributed by atoms with Gasteiger partial charge in [0.1, 0.15) is 0 Å². The Balaban J connectivity index is 2.07. The van der Waals surface area contributed by atoms with Gasteiger partial charge in [-0.2, -0.15) is 0 Å². The van der Waals surface area contributed by atoms with Crippen molar-refractivity contribution in [2.45, 2.75) is 24.9 Å². The number of allylic oxidation sites excluding steroid dienone is 1. The maximum atomic E-state index is 12.2. The van der Waals surface area contributed by atoms with Gasteiger partial charge in [-0.25, -0.2) is 4.79 Å². The van der Waals surface area contributed by atoms with Crippen LogP contribution in [0.25, 0.3) is 0 Å². The highest BCUT2D eigenvalue weighted by Crippen LogP contribution is 2.49. The standard InChI is InChI=1S/C21H18O2/c1-2-7-17-14-20(22)23-21(17)18-10-5-3-8-15(18)12-13-16-9-4-6-11-19(16)21/h2-6,8-11,14H,1,7,12-13H2. The second-order valence-electron chi connectivity index (χ2n) is 6.08. The van der Waals surface area contributed by atoms with Crippen molar-refractivity contribution in [2.75, 3.05) is 0 Å². The van der Waals surface area contributed by atoms with Crippen LogP contribution in [0.15, 0.2) is 72.8 Å². The van der Waals surface area contributed by atoms with E-state index in [9.17, 15) is 4.79 Å². The molecule has 2 aromatic carbocycles. The van der Waals surface area contributed by atoms with E-state index in [0.29, 0.717) is 6.42 Å². The number of hydrogen-bond acceptors (Lipinski definition) is 2. The molecule has 4 rings (SSSR count). The normalized spacial score (nSPS) is 17.7. The van der Waals surface area contributed by atoms with E-state index >= 15 is 0 Å². The summed E-state index contributed by atoms with van der Waals surface area (Å²) in [6.45, 7) is 3.85. The molecular formula is C21H18O2. The van der Waals surface area contributed by atoms with Gasteiger partial charge >= 0.3 is 5.97 Å². The quantitative estimate of drug-likeness (QED) is 0.617. The number of esters is 1. The molecule has 0 radical (unpaired) electrons. The minimum absolute atomic E-state index is 0.270. The summed E-state index contributed by atoms with van der Waals surface area (Å²) in [6.07, 6.45) is 6.02. The largest absolute Gasteiger partial charge is 0.441 e. The lowest BCUT2D eigenvalue weighted by molar-refractivity contribution is -0.144. The monoisotopic (exact) mass is 302 g/mol. The first-order valence-corrected chi connectivity index (χ1v) is 7.97. The van der Waals surface area contributed by atoms with Gasteiger partial charge in [0.25, 0.3) is 0 Å². The summed E-state index contributed by atoms with van der Waals surface area (Å²) in [4.78, 5) is 12.2. The lowest BCUT2D eigenvalue weighted by atomic mass is 9.77. The van der Waals surface area contributed by atoms with Crippen molar-refractivity contribution in [3.8, 4) is 0 Å². The van der Waals surface area contributed by atoms with E-state index in [2.05, 4.69) is 43.0 Å². The van der Waals surface area contributed by atoms with Gasteiger partial charge in [0.05, 0.1) is 0 Å². The predicted molar refractivity (Wildman–Crippen MR) is 90.1 cm³/mol. The highest BCUT2D eigenvalue weighted by atomic mass is 16.6. The molecule has 2 nitrogen and oxygen atoms in total. The smallest absolute Gasteiger partial charge is 0.332 e. The molecule has 1 aliphatic heterocycles. The zero-order valence-corrected chi connectivity index (χ0v) is 12.9. The molecule has 2 heteroatoms. The van der Waals surface area contributed by atoms with Gasteiger partial charge in [0, 0.05) is 17.2 Å². The molecule has 0 N–H and O–H groups in total. The van der Waals surface area contributed by atoms with Crippen molar-refractivity contribution >= 4 is 5.97 Å². The molecule has 2 aliphatic rings. The van der Waals surface area contributed by atoms with Crippen molar-refractivity contribution < 1.29 is 9.53 Å². The average Bonchev–Trinajstić information content (AvgIpc) is 2.83. The zero-order valence-electron chi connectivity index (χ0n) is 12.9. The number of hydrogen-bond donors (Lipinski definition) is 0. The molecule has 0 aromatic heterocycles. The molecule has 0 fully saturated rings. The molecule has 114 valence electrons. The van der Waals surface area contributed by atoms with Gasteiger partial charge in [0.2, 0.25) is 0 Å². The molecule has 2 aromatic rings. The van der Waals surface area contributed by atoms with Crippen LogP contribution in [0.5, 0.6) is 0 Å². The molecule has 0 atom stereocenters. The molecule has 0 saturated heterocycles. The highest BCUT2D eigenvalue weighted by Gasteiger charge is 2.48. The number of fused-ring (bicyclic) bond motifs is 4. The number of carbonyl (C=O) groups is 1. The van der Waals surface area contributed by atoms with Crippen molar-refractivity contribution in [3.05, 3.63) is 95.1 Å². The third-order valence-electron chi connectivity index (χ3n) is 4.82. The van der Waals surface area contributed by atoms with E-state index in [-0.39, 0.29) is 5.97 Å². The van der Waals surface area contributed by atoms with Gasteiger partial charge in [-0.1, -0.05) is 54.6 Å². The minimum atomic E-state index is -0.797. The molecule has 0 unspecified atom stereocenters. The lowest BCUT2D eigenvalue weighted by Gasteiger charge is -2.33. The summed E-state index contributed by atoms with van der Waals surface area (Å²) < 4.78 is 6.01. The number of ether oxygens (including phenoxy) is 1. The zero-order chi connectivity index (χ0) is 15.9. The molecule has 1 aliphatic carbocycles. The Morgan fingerprint density at radius 2 is 1.57 bits per heavy atom. The van der Waals surface area contributed by atoms with E-state index in [1.165, 1.54) is 11.1 Å². The summed E-state index contributed by atoms with van der Waals surface area (Å²) in [5, 5.41) is 0. The first-order chi connectivity index (χ1) is 11.3. The first-order valence-electron chi connectivity index (χ1n) is 7.97. The Morgan fingerprint density at radius 1 is 1.00 bits per heavy atom. The molecule has 1 heterocycles. The second-order valence-corrected chi connectivity index (χ2v) is 6.08. The lowest BCUT2D eigenvalue weighted by Crippen LogP contribution is -2.32. The Labute approximate surface area is 136 Å². The van der Waals surface area contributed by atoms with Gasteiger partial charge in [-0.3, -0.25) is 0 Å². The summed E-state index contributed by atoms with van der Waals surface area (Å²) in [5.41, 5.74) is 4.84. The van der Waals surface area contributed by atoms with Gasteiger partial charge < -0.3 is 4.74 Å². The molecule has 0 amide bonds. The van der Waals surface area contributed by atoms with Crippen LogP contribution in [0.2, 0.25) is 0 Å². The molecule has 0 bridgehead atoms. The summed E-state index contributed by atoms with van der Waals surface area (Å²) in [7, 11) is 0. The Bertz CT molecular complexity index is 782. The fourth-order valence-electron chi connectivity index (χ4n) is 3.88. The fraction of sp³-hybridized carbons (Fsp3) is 0.190. The maximum absolute atomic E-state index is 12.2. The van der Waals surface area contributed by atoms with Gasteiger partial charge in [-0.05, 0) is 36.0 Å². The van der Waals surface area contributed by atoms with E-state index in [1.54, 1.807) is 6.08 Å². The minimum Gasteiger partial charge on any atom is -0.441 e. The van der Waals surface area contributed by atoms with Crippen LogP contribution in [-0.2, 0) is 28.0 Å². The van der Waals surface area contributed by atoms with Crippen molar-refractivity contribution in [1.29, 1.82) is 0 Å². The summed E-state index contributed by atoms with van der Waals surface area (Å²) in [6, 6.07) is 16.6. The SMILES string of the molecule is C=CCC1=CC(=O)OC12c1ccccc1CCc1ccccc12. The van der Waals surface area contributed by atoms with Crippen LogP contribution in [0, 0.1) is 0 Å². The Kier molecular flexibility index (Phi) is 3.19. The fourth-order valence-corrected chi connectivity index (χ4v) is 3.88. The topological polar surface area (TPSA) is 26.3 Å². The van der Waals surface area contributed by atoms with Gasteiger partial charge in [-0.15, -0.1) is 6.58 Å². The Hall–Kier alpha value is -2.61. The van der Waals surface area contributed by atoms with E-state index in [4.69, 9.17) is 4.74 Å². The number of benzene rings is 2. The third kappa shape index (κ3) is 1.98. The molecular weight excluding hydrogens is 284 g/mol. The van der Waals surface area contributed by atoms with Crippen LogP contribution < -0.4 is 0 Å². The van der Waals surface area contributed by atoms with E-state index in [1.807, 2.05) is 18.2 Å². The van der Waals surface area contributed by atoms with Crippen LogP contribution in [0.1, 0.15) is 28.7 Å². The van der Waals surface area contributed by atoms with Crippen molar-refractivity contribution in [2.24, 2.45) is 0 Å². The van der Waals surface area contributed by atoms with E-state index in [0.717, 1.165) is 29.5 Å². The second kappa shape index (κ2) is 5.24. The predicted octanol–water partition coefficient (Wildman–Crippen LogP) is 4.09. The van der Waals surface area contributed by atoms with Crippen molar-refractivity contribution in [3.63, 3.8) is 0 Å². The van der Waals surface area contributed by atoms with Gasteiger partial charge in [0.15, 0.2) is 5.60 Å². The van der Waals surface area contributed by atoms with Crippen LogP contribution >= 0.6 is 0 Å². The maximum Gasteiger partial charge on any atom is 0.332 e. The first kappa shape index (κ1) is 14.0. The van der Waals surface area contributed by atoms with E-state index < -0.39 is 5.60 Å². The van der Waals surface area contributed by atoms with Crippen molar-refractivity contribution in [1.82, 2.24) is 0 Å². The average molecular weight is 302 g/mol. The van der Waals surface area contributed by atoms with Crippen LogP contribution in [0.4, 0.5) is 0 Å². The highest BCUT2D eigenvalue weighted by molar-refractivity contribution is 5.88. The molecule has 1 spiro atoms. The van der Waals surface area contributed by atoms with Crippen LogP contribution in [-0.4, -0.2) is 5.97 Å². The Morgan fingerprint density at radius 3 is 2.13 bits per heavy atom. The molecule has 23 heavy (non-hydrogen) atoms. The number of rotatable bonds is 2. The number of carbonyl (C=O) groups excluding carboxylic acids is 1.